The molecule has 0 aliphatic carbocycles. The van der Waals surface area contributed by atoms with Crippen molar-refractivity contribution in [2.75, 3.05) is 5.32 Å². The number of aryl methyl sites for hydroxylation is 1. The first-order chi connectivity index (χ1) is 14.2. The monoisotopic (exact) mass is 409 g/mol. The number of rotatable bonds is 2. The molecule has 5 rings (SSSR count). The molecule has 8 heteroatoms. The van der Waals surface area contributed by atoms with Gasteiger partial charge in [-0.05, 0) is 44.5 Å². The molecule has 1 aliphatic rings. The average molecular weight is 409 g/mol. The largest absolute Gasteiger partial charge is 0.371 e. The second kappa shape index (κ2) is 5.98. The molecule has 0 saturated heterocycles. The lowest BCUT2D eigenvalue weighted by Crippen LogP contribution is -2.36. The summed E-state index contributed by atoms with van der Waals surface area (Å²) < 4.78 is 47.1. The highest BCUT2D eigenvalue weighted by Crippen LogP contribution is 2.43. The zero-order chi connectivity index (χ0) is 21.4. The van der Waals surface area contributed by atoms with E-state index in [2.05, 4.69) is 27.1 Å². The summed E-state index contributed by atoms with van der Waals surface area (Å²) in [5.74, 6) is -1.42. The Morgan fingerprint density at radius 2 is 1.90 bits per heavy atom. The molecule has 5 nitrogen and oxygen atoms in total. The fourth-order valence-electron chi connectivity index (χ4n) is 4.14. The minimum atomic E-state index is -0.837. The molecule has 0 bridgehead atoms. The topological polar surface area (TPSA) is 58.5 Å². The number of benzene rings is 2. The van der Waals surface area contributed by atoms with Crippen molar-refractivity contribution < 1.29 is 13.2 Å². The van der Waals surface area contributed by atoms with Crippen LogP contribution < -0.4 is 5.32 Å². The second-order valence-corrected chi connectivity index (χ2v) is 7.96. The van der Waals surface area contributed by atoms with Gasteiger partial charge in [-0.25, -0.2) is 13.2 Å². The molecule has 0 atom stereocenters. The Hall–Kier alpha value is -3.55. The first kappa shape index (κ1) is 18.5. The van der Waals surface area contributed by atoms with Crippen LogP contribution in [0.3, 0.4) is 0 Å². The van der Waals surface area contributed by atoms with E-state index in [-0.39, 0.29) is 22.5 Å². The van der Waals surface area contributed by atoms with Crippen molar-refractivity contribution in [3.63, 3.8) is 0 Å². The van der Waals surface area contributed by atoms with Crippen molar-refractivity contribution in [1.82, 2.24) is 19.7 Å². The fraction of sp³-hybridized carbons (Fsp3) is 0.182. The zero-order valence-corrected chi connectivity index (χ0v) is 16.6. The van der Waals surface area contributed by atoms with Gasteiger partial charge >= 0.3 is 0 Å². The van der Waals surface area contributed by atoms with E-state index >= 15 is 8.78 Å². The summed E-state index contributed by atoms with van der Waals surface area (Å²) >= 11 is 0. The Kier molecular flexibility index (Phi) is 3.68. The minimum absolute atomic E-state index is 0.0707. The van der Waals surface area contributed by atoms with E-state index in [1.165, 1.54) is 22.8 Å². The Morgan fingerprint density at radius 1 is 1.13 bits per heavy atom. The summed E-state index contributed by atoms with van der Waals surface area (Å²) in [6.07, 6.45) is 3.14. The van der Waals surface area contributed by atoms with Crippen LogP contribution in [-0.2, 0) is 5.54 Å². The van der Waals surface area contributed by atoms with Gasteiger partial charge in [0, 0.05) is 23.2 Å². The van der Waals surface area contributed by atoms with Crippen LogP contribution in [0.5, 0.6) is 0 Å². The summed E-state index contributed by atoms with van der Waals surface area (Å²) in [6, 6.07) is 3.70. The number of anilines is 1. The predicted molar refractivity (Wildman–Crippen MR) is 110 cm³/mol. The third kappa shape index (κ3) is 2.36. The maximum absolute atomic E-state index is 16.0. The molecular formula is C22H18F3N5. The van der Waals surface area contributed by atoms with Crippen molar-refractivity contribution in [3.8, 4) is 16.8 Å². The number of hydrogen-bond acceptors (Lipinski definition) is 3. The van der Waals surface area contributed by atoms with Crippen LogP contribution in [-0.4, -0.2) is 19.7 Å². The van der Waals surface area contributed by atoms with Crippen LogP contribution >= 0.6 is 0 Å². The van der Waals surface area contributed by atoms with Crippen molar-refractivity contribution >= 4 is 22.7 Å². The normalized spacial score (nSPS) is 14.3. The lowest BCUT2D eigenvalue weighted by molar-refractivity contribution is 0.518. The number of hydrogen-bond donors (Lipinski definition) is 2. The summed E-state index contributed by atoms with van der Waals surface area (Å²) in [4.78, 5) is 3.00. The number of H-pyrrole nitrogens is 1. The standard InChI is InChI=1S/C22H18F3N5/c1-5-16-28-29-21-22(3,4)27-15-8-14(24)17(18(25)20(15)30(16)21)13-7-11(23)6-12-10(2)9-26-19(12)13/h5-9,26-27H,1H2,2-4H3. The molecule has 0 saturated carbocycles. The smallest absolute Gasteiger partial charge is 0.163 e. The quantitative estimate of drug-likeness (QED) is 0.463. The fourth-order valence-corrected chi connectivity index (χ4v) is 4.14. The predicted octanol–water partition coefficient (Wildman–Crippen LogP) is 5.44. The van der Waals surface area contributed by atoms with Crippen LogP contribution in [0.1, 0.15) is 31.1 Å². The van der Waals surface area contributed by atoms with Crippen molar-refractivity contribution in [1.29, 1.82) is 0 Å². The third-order valence-electron chi connectivity index (χ3n) is 5.52. The first-order valence-corrected chi connectivity index (χ1v) is 9.39. The molecule has 0 amide bonds. The summed E-state index contributed by atoms with van der Waals surface area (Å²) in [5.41, 5.74) is 0.633. The highest BCUT2D eigenvalue weighted by atomic mass is 19.1. The molecule has 0 unspecified atom stereocenters. The number of nitrogens with one attached hydrogen (secondary N) is 2. The minimum Gasteiger partial charge on any atom is -0.371 e. The second-order valence-electron chi connectivity index (χ2n) is 7.96. The van der Waals surface area contributed by atoms with Gasteiger partial charge in [0.2, 0.25) is 0 Å². The van der Waals surface area contributed by atoms with E-state index in [0.29, 0.717) is 22.6 Å². The Balaban J connectivity index is 1.88. The van der Waals surface area contributed by atoms with E-state index in [4.69, 9.17) is 0 Å². The molecule has 3 heterocycles. The van der Waals surface area contributed by atoms with Crippen LogP contribution in [0.15, 0.2) is 31.0 Å². The first-order valence-electron chi connectivity index (χ1n) is 9.39. The number of nitrogens with zero attached hydrogens (tertiary/aromatic N) is 3. The molecule has 2 aromatic carbocycles. The van der Waals surface area contributed by atoms with E-state index in [1.807, 2.05) is 13.8 Å². The van der Waals surface area contributed by atoms with Gasteiger partial charge in [-0.3, -0.25) is 4.57 Å². The van der Waals surface area contributed by atoms with E-state index in [0.717, 1.165) is 11.6 Å². The number of aromatic nitrogens is 4. The molecule has 0 fully saturated rings. The highest BCUT2D eigenvalue weighted by Gasteiger charge is 2.37. The SMILES string of the molecule is C=Cc1nnc2n1-c1c(cc(F)c(-c3cc(F)cc4c(C)c[nH]c34)c1F)NC2(C)C. The van der Waals surface area contributed by atoms with Crippen molar-refractivity contribution in [2.45, 2.75) is 26.3 Å². The molecule has 0 spiro atoms. The van der Waals surface area contributed by atoms with Crippen LogP contribution in [0.2, 0.25) is 0 Å². The van der Waals surface area contributed by atoms with Crippen LogP contribution in [0.4, 0.5) is 18.9 Å². The molecule has 2 aromatic heterocycles. The van der Waals surface area contributed by atoms with Gasteiger partial charge in [0.15, 0.2) is 17.5 Å². The number of halogens is 3. The molecular weight excluding hydrogens is 391 g/mol. The number of aromatic amines is 1. The van der Waals surface area contributed by atoms with E-state index in [1.54, 1.807) is 13.1 Å². The lowest BCUT2D eigenvalue weighted by Gasteiger charge is -2.34. The van der Waals surface area contributed by atoms with Gasteiger partial charge in [0.05, 0.1) is 22.3 Å². The molecule has 1 aliphatic heterocycles. The van der Waals surface area contributed by atoms with Gasteiger partial charge in [0.1, 0.15) is 17.3 Å². The van der Waals surface area contributed by atoms with Crippen molar-refractivity contribution in [3.05, 3.63) is 65.6 Å². The van der Waals surface area contributed by atoms with Gasteiger partial charge < -0.3 is 10.3 Å². The molecule has 4 aromatic rings. The average Bonchev–Trinajstić information content (AvgIpc) is 3.26. The van der Waals surface area contributed by atoms with E-state index < -0.39 is 23.0 Å². The molecule has 0 radical (unpaired) electrons. The zero-order valence-electron chi connectivity index (χ0n) is 16.6. The maximum Gasteiger partial charge on any atom is 0.163 e. The Morgan fingerprint density at radius 3 is 2.63 bits per heavy atom. The highest BCUT2D eigenvalue weighted by molar-refractivity contribution is 5.97. The van der Waals surface area contributed by atoms with Gasteiger partial charge in [0.25, 0.3) is 0 Å². The van der Waals surface area contributed by atoms with E-state index in [9.17, 15) is 4.39 Å². The Labute approximate surface area is 170 Å². The molecule has 2 N–H and O–H groups in total. The third-order valence-corrected chi connectivity index (χ3v) is 5.52. The van der Waals surface area contributed by atoms with Crippen LogP contribution in [0, 0.1) is 24.4 Å². The molecule has 152 valence electrons. The van der Waals surface area contributed by atoms with Crippen molar-refractivity contribution in [2.24, 2.45) is 0 Å². The summed E-state index contributed by atoms with van der Waals surface area (Å²) in [5, 5.41) is 11.9. The Bertz CT molecular complexity index is 1360. The number of fused-ring (bicyclic) bond motifs is 4. The van der Waals surface area contributed by atoms with Gasteiger partial charge in [-0.15, -0.1) is 10.2 Å². The summed E-state index contributed by atoms with van der Waals surface area (Å²) in [6.45, 7) is 9.20. The molecule has 30 heavy (non-hydrogen) atoms. The summed E-state index contributed by atoms with van der Waals surface area (Å²) in [7, 11) is 0. The lowest BCUT2D eigenvalue weighted by atomic mass is 9.95. The van der Waals surface area contributed by atoms with Gasteiger partial charge in [-0.1, -0.05) is 6.58 Å². The van der Waals surface area contributed by atoms with Gasteiger partial charge in [-0.2, -0.15) is 0 Å². The van der Waals surface area contributed by atoms with Crippen LogP contribution in [0.25, 0.3) is 33.8 Å². The maximum atomic E-state index is 16.0.